The Hall–Kier alpha value is -1.71. The van der Waals surface area contributed by atoms with Gasteiger partial charge in [-0.2, -0.15) is 0 Å². The van der Waals surface area contributed by atoms with Crippen LogP contribution in [-0.4, -0.2) is 47.5 Å². The topological polar surface area (TPSA) is 19.4 Å². The number of hydrogen-bond donors (Lipinski definition) is 0. The van der Waals surface area contributed by atoms with Crippen molar-refractivity contribution in [2.24, 2.45) is 0 Å². The van der Waals surface area contributed by atoms with Crippen molar-refractivity contribution >= 4 is 0 Å². The lowest BCUT2D eigenvalue weighted by molar-refractivity contribution is 0.132. The van der Waals surface area contributed by atoms with Crippen molar-refractivity contribution in [1.82, 2.24) is 14.8 Å². The molecule has 1 aromatic carbocycles. The zero-order valence-electron chi connectivity index (χ0n) is 13.6. The smallest absolute Gasteiger partial charge is 0.0346 e. The second-order valence-electron chi connectivity index (χ2n) is 6.16. The molecular formula is C19H25N3. The zero-order valence-corrected chi connectivity index (χ0v) is 13.6. The van der Waals surface area contributed by atoms with Crippen molar-refractivity contribution < 1.29 is 0 Å². The van der Waals surface area contributed by atoms with Gasteiger partial charge in [-0.1, -0.05) is 31.2 Å². The number of rotatable bonds is 4. The molecule has 0 saturated carbocycles. The monoisotopic (exact) mass is 295 g/mol. The minimum atomic E-state index is 1.06. The molecule has 0 unspecified atom stereocenters. The van der Waals surface area contributed by atoms with E-state index in [9.17, 15) is 0 Å². The van der Waals surface area contributed by atoms with Gasteiger partial charge in [0, 0.05) is 50.7 Å². The third kappa shape index (κ3) is 3.73. The Balaban J connectivity index is 1.62. The number of nitrogens with zero attached hydrogens (tertiary/aromatic N) is 3. The molecule has 0 aliphatic carbocycles. The Bertz CT molecular complexity index is 598. The van der Waals surface area contributed by atoms with Gasteiger partial charge in [0.05, 0.1) is 0 Å². The molecule has 3 heteroatoms. The predicted molar refractivity (Wildman–Crippen MR) is 91.8 cm³/mol. The zero-order chi connectivity index (χ0) is 15.4. The standard InChI is InChI=1S/C19H25N3/c1-3-21-8-10-22(11-9-21)15-17-4-6-18(7-5-17)19-12-16(2)13-20-14-19/h4-7,12-14H,3,8-11,15H2,1-2H3. The van der Waals surface area contributed by atoms with Crippen molar-refractivity contribution in [2.75, 3.05) is 32.7 Å². The lowest BCUT2D eigenvalue weighted by Crippen LogP contribution is -2.45. The highest BCUT2D eigenvalue weighted by molar-refractivity contribution is 5.63. The van der Waals surface area contributed by atoms with E-state index in [4.69, 9.17) is 0 Å². The molecule has 2 heterocycles. The molecule has 3 nitrogen and oxygen atoms in total. The maximum atomic E-state index is 4.28. The number of piperazine rings is 1. The molecule has 1 fully saturated rings. The van der Waals surface area contributed by atoms with Gasteiger partial charge in [0.2, 0.25) is 0 Å². The first-order chi connectivity index (χ1) is 10.7. The van der Waals surface area contributed by atoms with E-state index in [0.717, 1.165) is 6.54 Å². The molecule has 1 aliphatic heterocycles. The summed E-state index contributed by atoms with van der Waals surface area (Å²) in [5.41, 5.74) is 5.04. The van der Waals surface area contributed by atoms with Gasteiger partial charge in [-0.05, 0) is 36.2 Å². The number of aryl methyl sites for hydroxylation is 1. The third-order valence-electron chi connectivity index (χ3n) is 4.48. The number of likely N-dealkylation sites (N-methyl/N-ethyl adjacent to an activating group) is 1. The van der Waals surface area contributed by atoms with E-state index in [1.807, 2.05) is 12.4 Å². The summed E-state index contributed by atoms with van der Waals surface area (Å²) in [6.45, 7) is 11.3. The Morgan fingerprint density at radius 1 is 0.909 bits per heavy atom. The van der Waals surface area contributed by atoms with Gasteiger partial charge in [0.25, 0.3) is 0 Å². The molecular weight excluding hydrogens is 270 g/mol. The van der Waals surface area contributed by atoms with Gasteiger partial charge in [-0.25, -0.2) is 0 Å². The summed E-state index contributed by atoms with van der Waals surface area (Å²) >= 11 is 0. The van der Waals surface area contributed by atoms with Gasteiger partial charge in [-0.15, -0.1) is 0 Å². The van der Waals surface area contributed by atoms with E-state index in [2.05, 4.69) is 59.0 Å². The lowest BCUT2D eigenvalue weighted by Gasteiger charge is -2.34. The van der Waals surface area contributed by atoms with Gasteiger partial charge >= 0.3 is 0 Å². The van der Waals surface area contributed by atoms with Crippen LogP contribution in [0, 0.1) is 6.92 Å². The maximum absolute atomic E-state index is 4.28. The average Bonchev–Trinajstić information content (AvgIpc) is 2.56. The lowest BCUT2D eigenvalue weighted by atomic mass is 10.0. The molecule has 3 rings (SSSR count). The molecule has 0 bridgehead atoms. The Kier molecular flexibility index (Phi) is 4.86. The van der Waals surface area contributed by atoms with Crippen LogP contribution in [0.5, 0.6) is 0 Å². The number of pyridine rings is 1. The highest BCUT2D eigenvalue weighted by Gasteiger charge is 2.15. The molecule has 0 spiro atoms. The second-order valence-corrected chi connectivity index (χ2v) is 6.16. The number of aromatic nitrogens is 1. The van der Waals surface area contributed by atoms with E-state index in [0.29, 0.717) is 0 Å². The highest BCUT2D eigenvalue weighted by Crippen LogP contribution is 2.20. The van der Waals surface area contributed by atoms with Crippen molar-refractivity contribution in [2.45, 2.75) is 20.4 Å². The summed E-state index contributed by atoms with van der Waals surface area (Å²) in [7, 11) is 0. The molecule has 0 N–H and O–H groups in total. The molecule has 0 amide bonds. The van der Waals surface area contributed by atoms with E-state index in [1.54, 1.807) is 0 Å². The maximum Gasteiger partial charge on any atom is 0.0346 e. The van der Waals surface area contributed by atoms with Crippen molar-refractivity contribution in [1.29, 1.82) is 0 Å². The van der Waals surface area contributed by atoms with Crippen LogP contribution in [0.15, 0.2) is 42.7 Å². The SMILES string of the molecule is CCN1CCN(Cc2ccc(-c3cncc(C)c3)cc2)CC1. The van der Waals surface area contributed by atoms with Crippen LogP contribution < -0.4 is 0 Å². The number of hydrogen-bond acceptors (Lipinski definition) is 3. The molecule has 0 atom stereocenters. The fraction of sp³-hybridized carbons (Fsp3) is 0.421. The van der Waals surface area contributed by atoms with Gasteiger partial charge in [0.1, 0.15) is 0 Å². The highest BCUT2D eigenvalue weighted by atomic mass is 15.3. The largest absolute Gasteiger partial charge is 0.301 e. The fourth-order valence-electron chi connectivity index (χ4n) is 3.04. The Labute approximate surface area is 133 Å². The van der Waals surface area contributed by atoms with Gasteiger partial charge in [0.15, 0.2) is 0 Å². The fourth-order valence-corrected chi connectivity index (χ4v) is 3.04. The minimum absolute atomic E-state index is 1.06. The number of benzene rings is 1. The molecule has 22 heavy (non-hydrogen) atoms. The summed E-state index contributed by atoms with van der Waals surface area (Å²) in [6.07, 6.45) is 3.83. The van der Waals surface area contributed by atoms with Crippen LogP contribution in [0.4, 0.5) is 0 Å². The third-order valence-corrected chi connectivity index (χ3v) is 4.48. The van der Waals surface area contributed by atoms with Crippen molar-refractivity contribution in [3.8, 4) is 11.1 Å². The van der Waals surface area contributed by atoms with Crippen LogP contribution >= 0.6 is 0 Å². The summed E-state index contributed by atoms with van der Waals surface area (Å²) in [6, 6.07) is 11.1. The Morgan fingerprint density at radius 2 is 1.59 bits per heavy atom. The van der Waals surface area contributed by atoms with Crippen LogP contribution in [0.2, 0.25) is 0 Å². The van der Waals surface area contributed by atoms with Gasteiger partial charge in [-0.3, -0.25) is 9.88 Å². The van der Waals surface area contributed by atoms with Crippen LogP contribution in [0.1, 0.15) is 18.1 Å². The molecule has 1 aliphatic rings. The van der Waals surface area contributed by atoms with Crippen LogP contribution in [0.25, 0.3) is 11.1 Å². The van der Waals surface area contributed by atoms with E-state index in [-0.39, 0.29) is 0 Å². The molecule has 0 radical (unpaired) electrons. The molecule has 116 valence electrons. The van der Waals surface area contributed by atoms with Crippen molar-refractivity contribution in [3.63, 3.8) is 0 Å². The van der Waals surface area contributed by atoms with Gasteiger partial charge < -0.3 is 4.90 Å². The summed E-state index contributed by atoms with van der Waals surface area (Å²) in [5, 5.41) is 0. The second kappa shape index (κ2) is 7.03. The van der Waals surface area contributed by atoms with Crippen LogP contribution in [-0.2, 0) is 6.54 Å². The molecule has 2 aromatic rings. The first kappa shape index (κ1) is 15.2. The van der Waals surface area contributed by atoms with Crippen LogP contribution in [0.3, 0.4) is 0 Å². The normalized spacial score (nSPS) is 16.8. The van der Waals surface area contributed by atoms with E-state index in [1.165, 1.54) is 55.0 Å². The quantitative estimate of drug-likeness (QED) is 0.863. The van der Waals surface area contributed by atoms with E-state index < -0.39 is 0 Å². The molecule has 1 aromatic heterocycles. The summed E-state index contributed by atoms with van der Waals surface area (Å²) in [5.74, 6) is 0. The summed E-state index contributed by atoms with van der Waals surface area (Å²) in [4.78, 5) is 9.35. The molecule has 1 saturated heterocycles. The van der Waals surface area contributed by atoms with E-state index >= 15 is 0 Å². The average molecular weight is 295 g/mol. The first-order valence-electron chi connectivity index (χ1n) is 8.20. The Morgan fingerprint density at radius 3 is 2.23 bits per heavy atom. The first-order valence-corrected chi connectivity index (χ1v) is 8.20. The van der Waals surface area contributed by atoms with Crippen molar-refractivity contribution in [3.05, 3.63) is 53.9 Å². The summed E-state index contributed by atoms with van der Waals surface area (Å²) < 4.78 is 0. The minimum Gasteiger partial charge on any atom is -0.301 e. The predicted octanol–water partition coefficient (Wildman–Crippen LogP) is 3.19.